The van der Waals surface area contributed by atoms with Crippen molar-refractivity contribution in [2.24, 2.45) is 0 Å². The summed E-state index contributed by atoms with van der Waals surface area (Å²) in [6.07, 6.45) is 13.1. The molecule has 1 rings (SSSR count). The molecule has 116 valence electrons. The van der Waals surface area contributed by atoms with E-state index in [4.69, 9.17) is 5.11 Å². The molecular formula is C18H27NO2. The number of hydrogen-bond donors (Lipinski definition) is 2. The van der Waals surface area contributed by atoms with E-state index in [-0.39, 0.29) is 0 Å². The first-order valence-corrected chi connectivity index (χ1v) is 7.96. The molecule has 3 heteroatoms. The topological polar surface area (TPSA) is 49.3 Å². The van der Waals surface area contributed by atoms with Gasteiger partial charge in [0.1, 0.15) is 0 Å². The van der Waals surface area contributed by atoms with Crippen molar-refractivity contribution in [2.45, 2.75) is 51.9 Å². The van der Waals surface area contributed by atoms with Gasteiger partial charge < -0.3 is 10.4 Å². The largest absolute Gasteiger partial charge is 0.478 e. The van der Waals surface area contributed by atoms with E-state index in [9.17, 15) is 4.79 Å². The first-order chi connectivity index (χ1) is 10.2. The van der Waals surface area contributed by atoms with Gasteiger partial charge in [-0.05, 0) is 49.9 Å². The highest BCUT2D eigenvalue weighted by Crippen LogP contribution is 2.10. The van der Waals surface area contributed by atoms with Gasteiger partial charge in [0.05, 0.1) is 5.56 Å². The number of carboxylic acids is 1. The Kier molecular flexibility index (Phi) is 9.01. The summed E-state index contributed by atoms with van der Waals surface area (Å²) in [6, 6.07) is 6.90. The lowest BCUT2D eigenvalue weighted by Gasteiger charge is -2.06. The molecule has 0 fully saturated rings. The molecule has 1 aromatic rings. The molecule has 0 aliphatic heterocycles. The van der Waals surface area contributed by atoms with E-state index in [1.54, 1.807) is 12.1 Å². The van der Waals surface area contributed by atoms with Gasteiger partial charge in [-0.15, -0.1) is 0 Å². The van der Waals surface area contributed by atoms with Crippen molar-refractivity contribution in [3.8, 4) is 0 Å². The number of nitrogens with one attached hydrogen (secondary N) is 1. The normalized spacial score (nSPS) is 10.9. The van der Waals surface area contributed by atoms with Crippen molar-refractivity contribution in [3.05, 3.63) is 42.0 Å². The molecule has 0 bridgehead atoms. The Bertz CT molecular complexity index is 423. The van der Waals surface area contributed by atoms with Crippen LogP contribution in [0.2, 0.25) is 0 Å². The Morgan fingerprint density at radius 2 is 1.71 bits per heavy atom. The van der Waals surface area contributed by atoms with Crippen LogP contribution in [0.4, 0.5) is 5.69 Å². The number of hydrogen-bond acceptors (Lipinski definition) is 2. The minimum atomic E-state index is -0.881. The summed E-state index contributed by atoms with van der Waals surface area (Å²) >= 11 is 0. The van der Waals surface area contributed by atoms with Gasteiger partial charge in [-0.2, -0.15) is 0 Å². The second-order valence-electron chi connectivity index (χ2n) is 5.27. The third-order valence-electron chi connectivity index (χ3n) is 3.40. The van der Waals surface area contributed by atoms with Gasteiger partial charge >= 0.3 is 5.97 Å². The zero-order valence-electron chi connectivity index (χ0n) is 13.0. The molecule has 0 heterocycles. The Labute approximate surface area is 128 Å². The summed E-state index contributed by atoms with van der Waals surface area (Å²) in [5.74, 6) is -0.881. The van der Waals surface area contributed by atoms with Crippen LogP contribution in [-0.2, 0) is 0 Å². The molecule has 0 saturated carbocycles. The molecule has 3 nitrogen and oxygen atoms in total. The first kappa shape index (κ1) is 17.3. The van der Waals surface area contributed by atoms with Gasteiger partial charge in [-0.25, -0.2) is 4.79 Å². The minimum absolute atomic E-state index is 0.329. The van der Waals surface area contributed by atoms with Gasteiger partial charge in [-0.3, -0.25) is 0 Å². The van der Waals surface area contributed by atoms with Crippen LogP contribution < -0.4 is 5.32 Å². The number of aromatic carboxylic acids is 1. The number of carbonyl (C=O) groups is 1. The van der Waals surface area contributed by atoms with Crippen LogP contribution in [0, 0.1) is 0 Å². The maximum atomic E-state index is 10.7. The maximum Gasteiger partial charge on any atom is 0.335 e. The third kappa shape index (κ3) is 8.18. The Morgan fingerprint density at radius 1 is 1.05 bits per heavy atom. The number of allylic oxidation sites excluding steroid dienone is 2. The second kappa shape index (κ2) is 11.0. The van der Waals surface area contributed by atoms with Gasteiger partial charge in [0.25, 0.3) is 0 Å². The van der Waals surface area contributed by atoms with Crippen molar-refractivity contribution in [3.63, 3.8) is 0 Å². The molecule has 0 aromatic heterocycles. The highest BCUT2D eigenvalue weighted by atomic mass is 16.4. The smallest absolute Gasteiger partial charge is 0.335 e. The number of benzene rings is 1. The second-order valence-corrected chi connectivity index (χ2v) is 5.27. The maximum absolute atomic E-state index is 10.7. The molecular weight excluding hydrogens is 262 g/mol. The van der Waals surface area contributed by atoms with Crippen LogP contribution in [0.15, 0.2) is 36.4 Å². The highest BCUT2D eigenvalue weighted by molar-refractivity contribution is 5.87. The fourth-order valence-electron chi connectivity index (χ4n) is 2.09. The molecule has 2 N–H and O–H groups in total. The van der Waals surface area contributed by atoms with E-state index < -0.39 is 5.97 Å². The molecule has 0 unspecified atom stereocenters. The Hall–Kier alpha value is -1.77. The summed E-state index contributed by atoms with van der Waals surface area (Å²) in [6.45, 7) is 3.15. The van der Waals surface area contributed by atoms with E-state index in [1.807, 2.05) is 12.1 Å². The van der Waals surface area contributed by atoms with Gasteiger partial charge in [-0.1, -0.05) is 38.3 Å². The van der Waals surface area contributed by atoms with E-state index in [0.717, 1.165) is 18.7 Å². The quantitative estimate of drug-likeness (QED) is 0.440. The van der Waals surface area contributed by atoms with E-state index in [2.05, 4.69) is 24.4 Å². The average molecular weight is 289 g/mol. The predicted octanol–water partition coefficient (Wildman–Crippen LogP) is 5.10. The molecule has 21 heavy (non-hydrogen) atoms. The zero-order chi connectivity index (χ0) is 15.3. The van der Waals surface area contributed by atoms with Crippen molar-refractivity contribution < 1.29 is 9.90 Å². The molecule has 0 radical (unpaired) electrons. The van der Waals surface area contributed by atoms with Crippen molar-refractivity contribution in [1.82, 2.24) is 0 Å². The zero-order valence-corrected chi connectivity index (χ0v) is 13.0. The molecule has 0 saturated heterocycles. The lowest BCUT2D eigenvalue weighted by atomic mass is 10.1. The Balaban J connectivity index is 2.04. The van der Waals surface area contributed by atoms with Gasteiger partial charge in [0.2, 0.25) is 0 Å². The SMILES string of the molecule is CCCCC=CCCCCCNc1ccc(C(=O)O)cc1. The fourth-order valence-corrected chi connectivity index (χ4v) is 2.09. The highest BCUT2D eigenvalue weighted by Gasteiger charge is 2.00. The number of rotatable bonds is 11. The summed E-state index contributed by atoms with van der Waals surface area (Å²) < 4.78 is 0. The van der Waals surface area contributed by atoms with Crippen LogP contribution in [-0.4, -0.2) is 17.6 Å². The third-order valence-corrected chi connectivity index (χ3v) is 3.40. The van der Waals surface area contributed by atoms with E-state index in [0.29, 0.717) is 5.56 Å². The molecule has 0 spiro atoms. The number of carboxylic acid groups (broad SMARTS) is 1. The molecule has 0 aliphatic rings. The summed E-state index contributed by atoms with van der Waals surface area (Å²) in [5, 5.41) is 12.1. The summed E-state index contributed by atoms with van der Waals surface area (Å²) in [5.41, 5.74) is 1.31. The minimum Gasteiger partial charge on any atom is -0.478 e. The van der Waals surface area contributed by atoms with E-state index in [1.165, 1.54) is 38.5 Å². The molecule has 0 atom stereocenters. The number of unbranched alkanes of at least 4 members (excludes halogenated alkanes) is 5. The van der Waals surface area contributed by atoms with Gasteiger partial charge in [0, 0.05) is 12.2 Å². The van der Waals surface area contributed by atoms with Crippen molar-refractivity contribution >= 4 is 11.7 Å². The van der Waals surface area contributed by atoms with Crippen LogP contribution in [0.1, 0.15) is 62.2 Å². The molecule has 0 aliphatic carbocycles. The fraction of sp³-hybridized carbons (Fsp3) is 0.500. The van der Waals surface area contributed by atoms with Crippen LogP contribution in [0.25, 0.3) is 0 Å². The first-order valence-electron chi connectivity index (χ1n) is 7.96. The molecule has 0 amide bonds. The lowest BCUT2D eigenvalue weighted by Crippen LogP contribution is -2.02. The standard InChI is InChI=1S/C18H27NO2/c1-2-3-4-5-6-7-8-9-10-15-19-17-13-11-16(12-14-17)18(20)21/h5-6,11-14,19H,2-4,7-10,15H2,1H3,(H,20,21). The van der Waals surface area contributed by atoms with Gasteiger partial charge in [0.15, 0.2) is 0 Å². The Morgan fingerprint density at radius 3 is 2.33 bits per heavy atom. The van der Waals surface area contributed by atoms with Crippen LogP contribution >= 0.6 is 0 Å². The summed E-state index contributed by atoms with van der Waals surface area (Å²) in [4.78, 5) is 10.7. The monoisotopic (exact) mass is 289 g/mol. The van der Waals surface area contributed by atoms with Crippen LogP contribution in [0.5, 0.6) is 0 Å². The predicted molar refractivity (Wildman–Crippen MR) is 89.0 cm³/mol. The lowest BCUT2D eigenvalue weighted by molar-refractivity contribution is 0.0697. The van der Waals surface area contributed by atoms with Crippen molar-refractivity contribution in [2.75, 3.05) is 11.9 Å². The van der Waals surface area contributed by atoms with Crippen molar-refractivity contribution in [1.29, 1.82) is 0 Å². The molecule has 1 aromatic carbocycles. The summed E-state index contributed by atoms with van der Waals surface area (Å²) in [7, 11) is 0. The van der Waals surface area contributed by atoms with E-state index >= 15 is 0 Å². The van der Waals surface area contributed by atoms with Crippen LogP contribution in [0.3, 0.4) is 0 Å². The number of anilines is 1. The average Bonchev–Trinajstić information content (AvgIpc) is 2.49.